The summed E-state index contributed by atoms with van der Waals surface area (Å²) < 4.78 is 12.3. The van der Waals surface area contributed by atoms with Gasteiger partial charge in [-0.05, 0) is 0 Å². The standard InChI is InChI=1S/C5H7FN2O/c6-5-1-4-2-7-3-8(4)9-5/h3-5H,1-2H2. The van der Waals surface area contributed by atoms with Gasteiger partial charge in [0.1, 0.15) is 6.34 Å². The van der Waals surface area contributed by atoms with Gasteiger partial charge < -0.3 is 0 Å². The third kappa shape index (κ3) is 0.702. The van der Waals surface area contributed by atoms with Gasteiger partial charge in [-0.15, -0.1) is 0 Å². The first-order chi connectivity index (χ1) is 4.36. The second-order valence-corrected chi connectivity index (χ2v) is 2.25. The van der Waals surface area contributed by atoms with Crippen molar-refractivity contribution in [1.29, 1.82) is 0 Å². The Morgan fingerprint density at radius 2 is 2.67 bits per heavy atom. The molecule has 0 amide bonds. The monoisotopic (exact) mass is 130 g/mol. The fraction of sp³-hybridized carbons (Fsp3) is 0.800. The van der Waals surface area contributed by atoms with Crippen molar-refractivity contribution in [3.63, 3.8) is 0 Å². The van der Waals surface area contributed by atoms with E-state index in [0.29, 0.717) is 13.0 Å². The van der Waals surface area contributed by atoms with E-state index in [1.165, 1.54) is 5.06 Å². The first-order valence-corrected chi connectivity index (χ1v) is 2.95. The van der Waals surface area contributed by atoms with Gasteiger partial charge in [0, 0.05) is 6.42 Å². The second kappa shape index (κ2) is 1.67. The molecule has 0 spiro atoms. The number of rotatable bonds is 0. The van der Waals surface area contributed by atoms with Gasteiger partial charge in [-0.3, -0.25) is 4.99 Å². The summed E-state index contributed by atoms with van der Waals surface area (Å²) in [4.78, 5) is 8.61. The quantitative estimate of drug-likeness (QED) is 0.472. The van der Waals surface area contributed by atoms with Crippen LogP contribution in [0.4, 0.5) is 4.39 Å². The molecule has 2 rings (SSSR count). The Labute approximate surface area is 52.1 Å². The van der Waals surface area contributed by atoms with E-state index >= 15 is 0 Å². The van der Waals surface area contributed by atoms with Crippen LogP contribution in [-0.2, 0) is 4.84 Å². The summed E-state index contributed by atoms with van der Waals surface area (Å²) in [7, 11) is 0. The van der Waals surface area contributed by atoms with Crippen molar-refractivity contribution < 1.29 is 9.23 Å². The molecule has 3 nitrogen and oxygen atoms in total. The second-order valence-electron chi connectivity index (χ2n) is 2.25. The molecule has 0 radical (unpaired) electrons. The summed E-state index contributed by atoms with van der Waals surface area (Å²) >= 11 is 0. The highest BCUT2D eigenvalue weighted by atomic mass is 19.1. The number of nitrogens with zero attached hydrogens (tertiary/aromatic N) is 2. The highest BCUT2D eigenvalue weighted by Gasteiger charge is 2.34. The maximum absolute atomic E-state index is 12.3. The number of hydrogen-bond donors (Lipinski definition) is 0. The minimum Gasteiger partial charge on any atom is -0.271 e. The molecule has 2 aliphatic heterocycles. The van der Waals surface area contributed by atoms with Crippen molar-refractivity contribution in [3.05, 3.63) is 0 Å². The molecular formula is C5H7FN2O. The average Bonchev–Trinajstić information content (AvgIpc) is 2.22. The Balaban J connectivity index is 2.08. The molecule has 4 heteroatoms. The van der Waals surface area contributed by atoms with Gasteiger partial charge in [-0.2, -0.15) is 0 Å². The van der Waals surface area contributed by atoms with E-state index in [0.717, 1.165) is 0 Å². The molecule has 1 saturated heterocycles. The molecule has 50 valence electrons. The molecule has 0 bridgehead atoms. The van der Waals surface area contributed by atoms with Crippen molar-refractivity contribution in [1.82, 2.24) is 5.06 Å². The van der Waals surface area contributed by atoms with Gasteiger partial charge in [-0.25, -0.2) is 14.3 Å². The molecule has 0 aromatic heterocycles. The Morgan fingerprint density at radius 3 is 3.44 bits per heavy atom. The lowest BCUT2D eigenvalue weighted by Gasteiger charge is -2.08. The molecule has 9 heavy (non-hydrogen) atoms. The van der Waals surface area contributed by atoms with Crippen LogP contribution in [0.2, 0.25) is 0 Å². The summed E-state index contributed by atoms with van der Waals surface area (Å²) in [5.41, 5.74) is 0. The van der Waals surface area contributed by atoms with Crippen molar-refractivity contribution >= 4 is 6.34 Å². The summed E-state index contributed by atoms with van der Waals surface area (Å²) in [6.07, 6.45) is 0.895. The Bertz CT molecular complexity index is 150. The SMILES string of the molecule is FC1CC2CN=CN2O1. The molecule has 2 unspecified atom stereocenters. The van der Waals surface area contributed by atoms with E-state index in [-0.39, 0.29) is 6.04 Å². The van der Waals surface area contributed by atoms with Crippen LogP contribution in [0.25, 0.3) is 0 Å². The summed E-state index contributed by atoms with van der Waals surface area (Å²) in [6.45, 7) is 0.681. The summed E-state index contributed by atoms with van der Waals surface area (Å²) in [6, 6.07) is 0.167. The van der Waals surface area contributed by atoms with Gasteiger partial charge in [0.2, 0.25) is 6.36 Å². The molecule has 0 N–H and O–H groups in total. The number of fused-ring (bicyclic) bond motifs is 1. The molecule has 0 aromatic rings. The predicted molar refractivity (Wildman–Crippen MR) is 29.6 cm³/mol. The van der Waals surface area contributed by atoms with Crippen LogP contribution < -0.4 is 0 Å². The van der Waals surface area contributed by atoms with Crippen molar-refractivity contribution in [2.75, 3.05) is 6.54 Å². The lowest BCUT2D eigenvalue weighted by Crippen LogP contribution is -2.22. The van der Waals surface area contributed by atoms with E-state index in [1.807, 2.05) is 0 Å². The van der Waals surface area contributed by atoms with Crippen LogP contribution in [0.1, 0.15) is 6.42 Å². The first-order valence-electron chi connectivity index (χ1n) is 2.95. The average molecular weight is 130 g/mol. The van der Waals surface area contributed by atoms with Crippen molar-refractivity contribution in [3.8, 4) is 0 Å². The predicted octanol–water partition coefficient (Wildman–Crippen LogP) is 0.330. The minimum atomic E-state index is -1.11. The lowest BCUT2D eigenvalue weighted by molar-refractivity contribution is -0.140. The summed E-state index contributed by atoms with van der Waals surface area (Å²) in [5, 5.41) is 1.49. The van der Waals surface area contributed by atoms with Crippen LogP contribution in [0.15, 0.2) is 4.99 Å². The van der Waals surface area contributed by atoms with Crippen LogP contribution in [0.3, 0.4) is 0 Å². The first kappa shape index (κ1) is 5.17. The molecule has 0 aliphatic carbocycles. The smallest absolute Gasteiger partial charge is 0.226 e. The molecule has 2 atom stereocenters. The zero-order valence-corrected chi connectivity index (χ0v) is 4.83. The van der Waals surface area contributed by atoms with Crippen LogP contribution in [-0.4, -0.2) is 30.3 Å². The number of halogens is 1. The minimum absolute atomic E-state index is 0.167. The Morgan fingerprint density at radius 1 is 1.78 bits per heavy atom. The number of hydroxylamine groups is 2. The van der Waals surface area contributed by atoms with E-state index in [2.05, 4.69) is 4.99 Å². The topological polar surface area (TPSA) is 24.8 Å². The zero-order valence-electron chi connectivity index (χ0n) is 4.83. The normalized spacial score (nSPS) is 39.9. The van der Waals surface area contributed by atoms with Gasteiger partial charge in [0.05, 0.1) is 12.6 Å². The van der Waals surface area contributed by atoms with E-state index in [1.54, 1.807) is 6.34 Å². The maximum atomic E-state index is 12.3. The summed E-state index contributed by atoms with van der Waals surface area (Å²) in [5.74, 6) is 0. The van der Waals surface area contributed by atoms with Crippen LogP contribution in [0, 0.1) is 0 Å². The third-order valence-electron chi connectivity index (χ3n) is 1.56. The highest BCUT2D eigenvalue weighted by Crippen LogP contribution is 2.23. The molecule has 0 aromatic carbocycles. The van der Waals surface area contributed by atoms with Gasteiger partial charge in [-0.1, -0.05) is 0 Å². The fourth-order valence-corrected chi connectivity index (χ4v) is 1.10. The molecule has 2 aliphatic rings. The van der Waals surface area contributed by atoms with Gasteiger partial charge in [0.15, 0.2) is 0 Å². The molecule has 2 heterocycles. The Kier molecular flexibility index (Phi) is 0.958. The highest BCUT2D eigenvalue weighted by molar-refractivity contribution is 5.56. The fourth-order valence-electron chi connectivity index (χ4n) is 1.10. The lowest BCUT2D eigenvalue weighted by atomic mass is 10.2. The number of alkyl halides is 1. The van der Waals surface area contributed by atoms with Crippen LogP contribution >= 0.6 is 0 Å². The number of hydrogen-bond acceptors (Lipinski definition) is 3. The van der Waals surface area contributed by atoms with E-state index in [4.69, 9.17) is 4.84 Å². The molecule has 0 saturated carbocycles. The zero-order chi connectivity index (χ0) is 6.27. The van der Waals surface area contributed by atoms with Gasteiger partial charge >= 0.3 is 0 Å². The Hall–Kier alpha value is -0.640. The third-order valence-corrected chi connectivity index (χ3v) is 1.56. The largest absolute Gasteiger partial charge is 0.271 e. The van der Waals surface area contributed by atoms with Crippen molar-refractivity contribution in [2.24, 2.45) is 4.99 Å². The maximum Gasteiger partial charge on any atom is 0.226 e. The van der Waals surface area contributed by atoms with Crippen molar-refractivity contribution in [2.45, 2.75) is 18.8 Å². The molecule has 1 fully saturated rings. The van der Waals surface area contributed by atoms with Crippen LogP contribution in [0.5, 0.6) is 0 Å². The van der Waals surface area contributed by atoms with Gasteiger partial charge in [0.25, 0.3) is 0 Å². The van der Waals surface area contributed by atoms with E-state index in [9.17, 15) is 4.39 Å². The van der Waals surface area contributed by atoms with E-state index < -0.39 is 6.36 Å². The number of aliphatic imine (C=N–C) groups is 1. The molecular weight excluding hydrogens is 123 g/mol.